The fraction of sp³-hybridized carbons (Fsp3) is 0.0800. The summed E-state index contributed by atoms with van der Waals surface area (Å²) in [5.74, 6) is 2.74. The molecule has 2 heteroatoms. The molecule has 0 heterocycles. The van der Waals surface area contributed by atoms with E-state index in [0.717, 1.165) is 28.1 Å². The summed E-state index contributed by atoms with van der Waals surface area (Å²) in [5.41, 5.74) is 12.9. The Labute approximate surface area is 161 Å². The number of terminal acetylenes is 1. The Hall–Kier alpha value is -3.57. The molecule has 0 aliphatic carbocycles. The number of hydrogen-bond donors (Lipinski definition) is 1. The predicted octanol–water partition coefficient (Wildman–Crippen LogP) is 5.51. The Morgan fingerprint density at radius 1 is 0.852 bits per heavy atom. The fourth-order valence-corrected chi connectivity index (χ4v) is 2.85. The van der Waals surface area contributed by atoms with E-state index in [1.54, 1.807) is 0 Å². The first-order valence-electron chi connectivity index (χ1n) is 8.87. The van der Waals surface area contributed by atoms with Gasteiger partial charge in [-0.05, 0) is 24.6 Å². The molecule has 0 amide bonds. The van der Waals surface area contributed by atoms with Crippen molar-refractivity contribution in [3.05, 3.63) is 107 Å². The molecule has 2 nitrogen and oxygen atoms in total. The highest BCUT2D eigenvalue weighted by atomic mass is 14.8. The van der Waals surface area contributed by atoms with E-state index in [0.29, 0.717) is 12.1 Å². The Bertz CT molecular complexity index is 990. The van der Waals surface area contributed by atoms with Gasteiger partial charge in [-0.15, -0.1) is 12.3 Å². The number of hydrogen-bond acceptors (Lipinski definition) is 2. The smallest absolute Gasteiger partial charge is 0.0771 e. The number of nitrogens with zero attached hydrogens (tertiary/aromatic N) is 1. The predicted molar refractivity (Wildman–Crippen MR) is 115 cm³/mol. The number of benzene rings is 3. The summed E-state index contributed by atoms with van der Waals surface area (Å²) in [5, 5.41) is 0. The molecule has 0 spiro atoms. The van der Waals surface area contributed by atoms with Gasteiger partial charge in [0, 0.05) is 23.3 Å². The van der Waals surface area contributed by atoms with Crippen molar-refractivity contribution in [1.29, 1.82) is 0 Å². The number of allylic oxidation sites excluding steroid dienone is 1. The van der Waals surface area contributed by atoms with Crippen molar-refractivity contribution >= 4 is 17.1 Å². The second-order valence-electron chi connectivity index (χ2n) is 6.30. The van der Waals surface area contributed by atoms with Crippen LogP contribution in [0.1, 0.15) is 23.1 Å². The van der Waals surface area contributed by atoms with E-state index in [1.165, 1.54) is 5.56 Å². The van der Waals surface area contributed by atoms with Crippen LogP contribution in [0.25, 0.3) is 5.70 Å². The standard InChI is InChI=1S/C25H22N2/c1-3-10-23(24(26)20-11-6-4-7-12-20)25(21-13-8-5-9-14-21)27-22-17-15-19(2)16-18-22/h1,4-9,11-18H,10,26H2,2H3/b24-23-,27-25?. The molecule has 0 bridgehead atoms. The lowest BCUT2D eigenvalue weighted by Gasteiger charge is -2.14. The van der Waals surface area contributed by atoms with Gasteiger partial charge in [-0.25, -0.2) is 4.99 Å². The SMILES string of the molecule is C#CC/C(C(=Nc1ccc(C)cc1)c1ccccc1)=C(/N)c1ccccc1. The molecule has 0 aliphatic heterocycles. The van der Waals surface area contributed by atoms with Gasteiger partial charge in [0.2, 0.25) is 0 Å². The van der Waals surface area contributed by atoms with E-state index in [9.17, 15) is 0 Å². The van der Waals surface area contributed by atoms with E-state index in [1.807, 2.05) is 84.9 Å². The normalized spacial score (nSPS) is 12.2. The molecule has 132 valence electrons. The molecule has 0 saturated heterocycles. The molecular weight excluding hydrogens is 328 g/mol. The third-order valence-electron chi connectivity index (χ3n) is 4.30. The van der Waals surface area contributed by atoms with Crippen LogP contribution in [0.15, 0.2) is 95.5 Å². The first kappa shape index (κ1) is 18.2. The maximum Gasteiger partial charge on any atom is 0.0771 e. The van der Waals surface area contributed by atoms with Gasteiger partial charge in [0.15, 0.2) is 0 Å². The lowest BCUT2D eigenvalue weighted by molar-refractivity contribution is 1.32. The van der Waals surface area contributed by atoms with Crippen LogP contribution in [0.5, 0.6) is 0 Å². The molecule has 0 radical (unpaired) electrons. The van der Waals surface area contributed by atoms with Gasteiger partial charge in [-0.2, -0.15) is 0 Å². The summed E-state index contributed by atoms with van der Waals surface area (Å²) in [7, 11) is 0. The summed E-state index contributed by atoms with van der Waals surface area (Å²) < 4.78 is 0. The second-order valence-corrected chi connectivity index (χ2v) is 6.30. The van der Waals surface area contributed by atoms with Gasteiger partial charge in [0.25, 0.3) is 0 Å². The van der Waals surface area contributed by atoms with Crippen LogP contribution in [-0.2, 0) is 0 Å². The summed E-state index contributed by atoms with van der Waals surface area (Å²) in [4.78, 5) is 4.92. The minimum absolute atomic E-state index is 0.403. The zero-order valence-corrected chi connectivity index (χ0v) is 15.4. The molecular formula is C25H22N2. The van der Waals surface area contributed by atoms with E-state index >= 15 is 0 Å². The quantitative estimate of drug-likeness (QED) is 0.478. The van der Waals surface area contributed by atoms with Crippen LogP contribution in [0, 0.1) is 19.3 Å². The van der Waals surface area contributed by atoms with Crippen LogP contribution < -0.4 is 5.73 Å². The molecule has 0 atom stereocenters. The van der Waals surface area contributed by atoms with E-state index in [2.05, 4.69) is 12.8 Å². The lowest BCUT2D eigenvalue weighted by atomic mass is 9.95. The molecule has 3 aromatic carbocycles. The van der Waals surface area contributed by atoms with Crippen molar-refractivity contribution in [2.75, 3.05) is 0 Å². The molecule has 0 aromatic heterocycles. The van der Waals surface area contributed by atoms with Crippen molar-refractivity contribution in [2.45, 2.75) is 13.3 Å². The highest BCUT2D eigenvalue weighted by molar-refractivity contribution is 6.17. The summed E-state index contributed by atoms with van der Waals surface area (Å²) >= 11 is 0. The number of rotatable bonds is 5. The molecule has 0 unspecified atom stereocenters. The fourth-order valence-electron chi connectivity index (χ4n) is 2.85. The van der Waals surface area contributed by atoms with Crippen LogP contribution in [0.2, 0.25) is 0 Å². The first-order valence-corrected chi connectivity index (χ1v) is 8.87. The number of aliphatic imine (C=N–C) groups is 1. The Kier molecular flexibility index (Phi) is 5.87. The monoisotopic (exact) mass is 350 g/mol. The van der Waals surface area contributed by atoms with Gasteiger partial charge in [0.1, 0.15) is 0 Å². The molecule has 3 aromatic rings. The zero-order chi connectivity index (χ0) is 19.1. The molecule has 0 fully saturated rings. The van der Waals surface area contributed by atoms with Crippen LogP contribution in [0.4, 0.5) is 5.69 Å². The van der Waals surface area contributed by atoms with Crippen LogP contribution in [0.3, 0.4) is 0 Å². The Morgan fingerprint density at radius 3 is 1.96 bits per heavy atom. The maximum atomic E-state index is 6.54. The van der Waals surface area contributed by atoms with E-state index in [-0.39, 0.29) is 0 Å². The topological polar surface area (TPSA) is 38.4 Å². The summed E-state index contributed by atoms with van der Waals surface area (Å²) in [6.45, 7) is 2.06. The average Bonchev–Trinajstić information content (AvgIpc) is 2.73. The van der Waals surface area contributed by atoms with Crippen LogP contribution >= 0.6 is 0 Å². The summed E-state index contributed by atoms with van der Waals surface area (Å²) in [6.07, 6.45) is 6.08. The average molecular weight is 350 g/mol. The van der Waals surface area contributed by atoms with Gasteiger partial charge < -0.3 is 5.73 Å². The van der Waals surface area contributed by atoms with Crippen molar-refractivity contribution < 1.29 is 0 Å². The number of aryl methyl sites for hydroxylation is 1. The van der Waals surface area contributed by atoms with Gasteiger partial charge in [-0.1, -0.05) is 78.4 Å². The van der Waals surface area contributed by atoms with Crippen molar-refractivity contribution in [3.63, 3.8) is 0 Å². The largest absolute Gasteiger partial charge is 0.398 e. The lowest BCUT2D eigenvalue weighted by Crippen LogP contribution is -2.12. The Morgan fingerprint density at radius 2 is 1.41 bits per heavy atom. The zero-order valence-electron chi connectivity index (χ0n) is 15.4. The molecule has 0 saturated carbocycles. The highest BCUT2D eigenvalue weighted by Gasteiger charge is 2.15. The van der Waals surface area contributed by atoms with Crippen LogP contribution in [-0.4, -0.2) is 5.71 Å². The number of nitrogens with two attached hydrogens (primary N) is 1. The van der Waals surface area contributed by atoms with Gasteiger partial charge >= 0.3 is 0 Å². The Balaban J connectivity index is 2.21. The van der Waals surface area contributed by atoms with Gasteiger partial charge in [0.05, 0.1) is 11.4 Å². The maximum absolute atomic E-state index is 6.54. The molecule has 3 rings (SSSR count). The first-order chi connectivity index (χ1) is 13.2. The van der Waals surface area contributed by atoms with Crippen molar-refractivity contribution in [2.24, 2.45) is 10.7 Å². The highest BCUT2D eigenvalue weighted by Crippen LogP contribution is 2.24. The third-order valence-corrected chi connectivity index (χ3v) is 4.30. The minimum atomic E-state index is 0.403. The molecule has 2 N–H and O–H groups in total. The van der Waals surface area contributed by atoms with Gasteiger partial charge in [-0.3, -0.25) is 0 Å². The van der Waals surface area contributed by atoms with Crippen molar-refractivity contribution in [3.8, 4) is 12.3 Å². The van der Waals surface area contributed by atoms with Crippen molar-refractivity contribution in [1.82, 2.24) is 0 Å². The molecule has 0 aliphatic rings. The van der Waals surface area contributed by atoms with E-state index in [4.69, 9.17) is 17.1 Å². The third kappa shape index (κ3) is 4.54. The minimum Gasteiger partial charge on any atom is -0.398 e. The molecule has 27 heavy (non-hydrogen) atoms. The van der Waals surface area contributed by atoms with E-state index < -0.39 is 0 Å². The second kappa shape index (κ2) is 8.69. The summed E-state index contributed by atoms with van der Waals surface area (Å²) in [6, 6.07) is 28.0.